The van der Waals surface area contributed by atoms with Gasteiger partial charge in [0.2, 0.25) is 5.91 Å². The summed E-state index contributed by atoms with van der Waals surface area (Å²) in [6.07, 6.45) is 2.10. The summed E-state index contributed by atoms with van der Waals surface area (Å²) in [6.45, 7) is 7.00. The van der Waals surface area contributed by atoms with E-state index in [4.69, 9.17) is 5.73 Å². The van der Waals surface area contributed by atoms with Crippen molar-refractivity contribution in [2.45, 2.75) is 39.7 Å². The number of nitrogens with two attached hydrogens (primary N) is 1. The van der Waals surface area contributed by atoms with E-state index in [9.17, 15) is 4.79 Å². The van der Waals surface area contributed by atoms with Gasteiger partial charge in [-0.15, -0.1) is 0 Å². The highest BCUT2D eigenvalue weighted by Crippen LogP contribution is 2.38. The Kier molecular flexibility index (Phi) is 3.20. The second kappa shape index (κ2) is 4.49. The average molecular weight is 232 g/mol. The van der Waals surface area contributed by atoms with E-state index in [2.05, 4.69) is 19.9 Å². The predicted molar refractivity (Wildman–Crippen MR) is 70.1 cm³/mol. The number of amides is 1. The highest BCUT2D eigenvalue weighted by atomic mass is 16.2. The van der Waals surface area contributed by atoms with Crippen LogP contribution in [0.25, 0.3) is 0 Å². The predicted octanol–water partition coefficient (Wildman–Crippen LogP) is 2.45. The molecule has 1 aliphatic heterocycles. The number of hydrogen-bond acceptors (Lipinski definition) is 2. The van der Waals surface area contributed by atoms with Crippen LogP contribution in [0.1, 0.15) is 42.5 Å². The van der Waals surface area contributed by atoms with Crippen LogP contribution in [0.2, 0.25) is 0 Å². The molecule has 0 radical (unpaired) electrons. The van der Waals surface area contributed by atoms with E-state index < -0.39 is 6.04 Å². The van der Waals surface area contributed by atoms with E-state index in [1.807, 2.05) is 17.9 Å². The number of benzene rings is 1. The Hall–Kier alpha value is -1.35. The van der Waals surface area contributed by atoms with Crippen molar-refractivity contribution < 1.29 is 4.79 Å². The molecule has 1 aromatic carbocycles. The maximum Gasteiger partial charge on any atom is 0.248 e. The maximum absolute atomic E-state index is 12.1. The lowest BCUT2D eigenvalue weighted by molar-refractivity contribution is -0.119. The number of unbranched alkanes of at least 4 members (excludes halogenated alkanes) is 1. The summed E-state index contributed by atoms with van der Waals surface area (Å²) >= 11 is 0. The Morgan fingerprint density at radius 3 is 2.71 bits per heavy atom. The number of carbonyl (C=O) groups is 1. The van der Waals surface area contributed by atoms with Gasteiger partial charge < -0.3 is 10.6 Å². The van der Waals surface area contributed by atoms with Crippen LogP contribution in [0.4, 0.5) is 5.69 Å². The van der Waals surface area contributed by atoms with Crippen molar-refractivity contribution in [1.82, 2.24) is 0 Å². The lowest BCUT2D eigenvalue weighted by atomic mass is 10.0. The van der Waals surface area contributed by atoms with Gasteiger partial charge in [-0.2, -0.15) is 0 Å². The summed E-state index contributed by atoms with van der Waals surface area (Å²) in [6, 6.07) is 3.68. The molecule has 0 saturated heterocycles. The normalized spacial score (nSPS) is 18.7. The van der Waals surface area contributed by atoms with E-state index in [0.717, 1.165) is 36.2 Å². The summed E-state index contributed by atoms with van der Waals surface area (Å²) in [5, 5.41) is 0. The number of anilines is 1. The molecule has 1 amide bonds. The Morgan fingerprint density at radius 2 is 2.06 bits per heavy atom. The van der Waals surface area contributed by atoms with Crippen molar-refractivity contribution in [2.24, 2.45) is 5.73 Å². The van der Waals surface area contributed by atoms with Crippen molar-refractivity contribution in [1.29, 1.82) is 0 Å². The number of aryl methyl sites for hydroxylation is 2. The summed E-state index contributed by atoms with van der Waals surface area (Å²) < 4.78 is 0. The van der Waals surface area contributed by atoms with E-state index in [0.29, 0.717) is 0 Å². The molecule has 2 rings (SSSR count). The largest absolute Gasteiger partial charge is 0.316 e. The zero-order valence-electron chi connectivity index (χ0n) is 10.8. The van der Waals surface area contributed by atoms with Gasteiger partial charge >= 0.3 is 0 Å². The van der Waals surface area contributed by atoms with Crippen molar-refractivity contribution in [3.05, 3.63) is 28.8 Å². The van der Waals surface area contributed by atoms with Gasteiger partial charge in [0, 0.05) is 12.1 Å². The zero-order chi connectivity index (χ0) is 12.6. The molecule has 17 heavy (non-hydrogen) atoms. The average Bonchev–Trinajstić information content (AvgIpc) is 2.51. The molecule has 2 N–H and O–H groups in total. The van der Waals surface area contributed by atoms with Crippen LogP contribution in [0.5, 0.6) is 0 Å². The third-order valence-electron chi connectivity index (χ3n) is 3.35. The van der Waals surface area contributed by atoms with Gasteiger partial charge in [-0.25, -0.2) is 0 Å². The molecule has 1 unspecified atom stereocenters. The first kappa shape index (κ1) is 12.1. The second-order valence-electron chi connectivity index (χ2n) is 4.84. The molecule has 0 aromatic heterocycles. The number of fused-ring (bicyclic) bond motifs is 1. The lowest BCUT2D eigenvalue weighted by Crippen LogP contribution is -2.32. The minimum atomic E-state index is -0.472. The monoisotopic (exact) mass is 232 g/mol. The minimum absolute atomic E-state index is 0.0437. The van der Waals surface area contributed by atoms with Gasteiger partial charge in [-0.1, -0.05) is 31.0 Å². The highest BCUT2D eigenvalue weighted by molar-refractivity contribution is 6.05. The van der Waals surface area contributed by atoms with Gasteiger partial charge in [-0.05, 0) is 25.8 Å². The quantitative estimate of drug-likeness (QED) is 0.870. The molecular weight excluding hydrogens is 212 g/mol. The number of rotatable bonds is 3. The van der Waals surface area contributed by atoms with Crippen LogP contribution < -0.4 is 10.6 Å². The Bertz CT molecular complexity index is 454. The van der Waals surface area contributed by atoms with Gasteiger partial charge in [0.15, 0.2) is 0 Å². The third-order valence-corrected chi connectivity index (χ3v) is 3.35. The summed E-state index contributed by atoms with van der Waals surface area (Å²) in [5.74, 6) is 0.0437. The first-order valence-corrected chi connectivity index (χ1v) is 6.24. The molecule has 1 aliphatic rings. The molecule has 0 saturated carbocycles. The van der Waals surface area contributed by atoms with E-state index in [-0.39, 0.29) is 5.91 Å². The van der Waals surface area contributed by atoms with Gasteiger partial charge in [0.05, 0.1) is 5.69 Å². The molecule has 1 aromatic rings. The fourth-order valence-electron chi connectivity index (χ4n) is 2.55. The third kappa shape index (κ3) is 1.95. The molecule has 0 spiro atoms. The molecule has 0 aliphatic carbocycles. The summed E-state index contributed by atoms with van der Waals surface area (Å²) in [7, 11) is 0. The van der Waals surface area contributed by atoms with Crippen LogP contribution in [0.15, 0.2) is 12.1 Å². The van der Waals surface area contributed by atoms with Crippen LogP contribution in [-0.4, -0.2) is 12.5 Å². The van der Waals surface area contributed by atoms with Crippen molar-refractivity contribution in [3.8, 4) is 0 Å². The number of nitrogens with zero attached hydrogens (tertiary/aromatic N) is 1. The molecule has 3 nitrogen and oxygen atoms in total. The Balaban J connectivity index is 2.44. The molecular formula is C14H20N2O. The highest BCUT2D eigenvalue weighted by Gasteiger charge is 2.35. The molecule has 92 valence electrons. The smallest absolute Gasteiger partial charge is 0.248 e. The molecule has 0 fully saturated rings. The van der Waals surface area contributed by atoms with Crippen LogP contribution >= 0.6 is 0 Å². The van der Waals surface area contributed by atoms with Crippen LogP contribution in [0, 0.1) is 13.8 Å². The molecule has 0 bridgehead atoms. The zero-order valence-corrected chi connectivity index (χ0v) is 10.8. The van der Waals surface area contributed by atoms with Crippen LogP contribution in [0.3, 0.4) is 0 Å². The SMILES string of the molecule is CCCCN1C(=O)C(N)c2cc(C)cc(C)c21. The number of hydrogen-bond donors (Lipinski definition) is 1. The van der Waals surface area contributed by atoms with Crippen molar-refractivity contribution in [3.63, 3.8) is 0 Å². The van der Waals surface area contributed by atoms with Crippen molar-refractivity contribution in [2.75, 3.05) is 11.4 Å². The van der Waals surface area contributed by atoms with E-state index in [1.54, 1.807) is 0 Å². The topological polar surface area (TPSA) is 46.3 Å². The van der Waals surface area contributed by atoms with Gasteiger partial charge in [0.1, 0.15) is 6.04 Å². The van der Waals surface area contributed by atoms with Crippen LogP contribution in [-0.2, 0) is 4.79 Å². The summed E-state index contributed by atoms with van der Waals surface area (Å²) in [5.41, 5.74) is 10.3. The minimum Gasteiger partial charge on any atom is -0.316 e. The van der Waals surface area contributed by atoms with Crippen molar-refractivity contribution >= 4 is 11.6 Å². The van der Waals surface area contributed by atoms with E-state index >= 15 is 0 Å². The fraction of sp³-hybridized carbons (Fsp3) is 0.500. The first-order valence-electron chi connectivity index (χ1n) is 6.24. The second-order valence-corrected chi connectivity index (χ2v) is 4.84. The summed E-state index contributed by atoms with van der Waals surface area (Å²) in [4.78, 5) is 14.0. The fourth-order valence-corrected chi connectivity index (χ4v) is 2.55. The Labute approximate surface area is 103 Å². The van der Waals surface area contributed by atoms with E-state index in [1.165, 1.54) is 5.56 Å². The first-order chi connectivity index (χ1) is 8.06. The van der Waals surface area contributed by atoms with Gasteiger partial charge in [0.25, 0.3) is 0 Å². The standard InChI is InChI=1S/C14H20N2O/c1-4-5-6-16-13-10(3)7-9(2)8-11(13)12(15)14(16)17/h7-8,12H,4-6,15H2,1-3H3. The molecule has 1 heterocycles. The maximum atomic E-state index is 12.1. The molecule has 1 atom stereocenters. The molecule has 3 heteroatoms. The Morgan fingerprint density at radius 1 is 1.35 bits per heavy atom. The van der Waals surface area contributed by atoms with Gasteiger partial charge in [-0.3, -0.25) is 4.79 Å². The lowest BCUT2D eigenvalue weighted by Gasteiger charge is -2.19. The number of carbonyl (C=O) groups excluding carboxylic acids is 1.